The largest absolute Gasteiger partial charge is 0.504 e. The van der Waals surface area contributed by atoms with Gasteiger partial charge in [0.1, 0.15) is 6.10 Å². The van der Waals surface area contributed by atoms with Gasteiger partial charge in [-0.25, -0.2) is 0 Å². The molecule has 1 amide bonds. The number of hydrogen-bond donors (Lipinski definition) is 2. The van der Waals surface area contributed by atoms with E-state index in [9.17, 15) is 14.7 Å². The molecule has 1 fully saturated rings. The Morgan fingerprint density at radius 3 is 2.50 bits per heavy atom. The van der Waals surface area contributed by atoms with E-state index >= 15 is 0 Å². The van der Waals surface area contributed by atoms with Crippen molar-refractivity contribution in [1.82, 2.24) is 0 Å². The van der Waals surface area contributed by atoms with E-state index in [1.54, 1.807) is 18.2 Å². The smallest absolute Gasteiger partial charge is 0.310 e. The Morgan fingerprint density at radius 2 is 1.75 bits per heavy atom. The van der Waals surface area contributed by atoms with Crippen LogP contribution in [0, 0.1) is 0 Å². The first kappa shape index (κ1) is 25.6. The lowest BCUT2D eigenvalue weighted by Crippen LogP contribution is -2.24. The SMILES string of the molecule is COc1cc(CC(=O)Nc2cccc([C@H]3CC[C@@H](OC(=O)Cc4ccccc4Cl)CC3)c2)ccc1O. The number of ether oxygens (including phenoxy) is 2. The van der Waals surface area contributed by atoms with Crippen LogP contribution in [0.5, 0.6) is 11.5 Å². The van der Waals surface area contributed by atoms with Gasteiger partial charge in [-0.05, 0) is 78.6 Å². The van der Waals surface area contributed by atoms with Crippen LogP contribution in [0.15, 0.2) is 66.7 Å². The molecule has 1 aliphatic carbocycles. The zero-order valence-electron chi connectivity index (χ0n) is 20.2. The fraction of sp³-hybridized carbons (Fsp3) is 0.310. The Morgan fingerprint density at radius 1 is 0.972 bits per heavy atom. The third-order valence-corrected chi connectivity index (χ3v) is 6.88. The maximum atomic E-state index is 12.6. The maximum Gasteiger partial charge on any atom is 0.310 e. The molecule has 0 bridgehead atoms. The molecule has 188 valence electrons. The molecule has 6 nitrogen and oxygen atoms in total. The van der Waals surface area contributed by atoms with E-state index in [-0.39, 0.29) is 36.6 Å². The molecule has 0 saturated heterocycles. The standard InChI is InChI=1S/C29H30ClNO5/c1-35-27-15-19(9-14-26(27)32)16-28(33)31-23-7-4-6-21(17-23)20-10-12-24(13-11-20)36-29(34)18-22-5-2-3-8-25(22)30/h2-9,14-15,17,20,24,32H,10-13,16,18H2,1H3,(H,31,33)/t20-,24+. The Labute approximate surface area is 216 Å². The minimum atomic E-state index is -0.248. The van der Waals surface area contributed by atoms with Gasteiger partial charge < -0.3 is 19.9 Å². The average Bonchev–Trinajstić information content (AvgIpc) is 2.87. The Kier molecular flexibility index (Phi) is 8.49. The van der Waals surface area contributed by atoms with Crippen molar-refractivity contribution in [1.29, 1.82) is 0 Å². The number of methoxy groups -OCH3 is 1. The topological polar surface area (TPSA) is 84.9 Å². The van der Waals surface area contributed by atoms with Crippen LogP contribution in [0.3, 0.4) is 0 Å². The molecular weight excluding hydrogens is 478 g/mol. The lowest BCUT2D eigenvalue weighted by molar-refractivity contribution is -0.149. The van der Waals surface area contributed by atoms with Crippen LogP contribution < -0.4 is 10.1 Å². The highest BCUT2D eigenvalue weighted by Crippen LogP contribution is 2.35. The molecule has 2 N–H and O–H groups in total. The second-order valence-electron chi connectivity index (χ2n) is 9.09. The monoisotopic (exact) mass is 507 g/mol. The van der Waals surface area contributed by atoms with Crippen LogP contribution in [0.1, 0.15) is 48.3 Å². The van der Waals surface area contributed by atoms with Crippen LogP contribution in [-0.4, -0.2) is 30.2 Å². The number of phenolic OH excluding ortho intramolecular Hbond substituents is 1. The van der Waals surface area contributed by atoms with E-state index in [4.69, 9.17) is 21.1 Å². The maximum absolute atomic E-state index is 12.6. The summed E-state index contributed by atoms with van der Waals surface area (Å²) < 4.78 is 10.8. The van der Waals surface area contributed by atoms with Crippen LogP contribution in [0.25, 0.3) is 0 Å². The van der Waals surface area contributed by atoms with Crippen molar-refractivity contribution in [3.63, 3.8) is 0 Å². The third-order valence-electron chi connectivity index (χ3n) is 6.52. The molecule has 1 aliphatic rings. The summed E-state index contributed by atoms with van der Waals surface area (Å²) in [5, 5.41) is 13.3. The van der Waals surface area contributed by atoms with Gasteiger partial charge in [0.15, 0.2) is 11.5 Å². The lowest BCUT2D eigenvalue weighted by Gasteiger charge is -2.29. The molecule has 0 heterocycles. The van der Waals surface area contributed by atoms with Crippen LogP contribution in [-0.2, 0) is 27.2 Å². The number of rotatable bonds is 8. The van der Waals surface area contributed by atoms with Crippen molar-refractivity contribution < 1.29 is 24.2 Å². The summed E-state index contributed by atoms with van der Waals surface area (Å²) in [5.41, 5.74) is 3.44. The van der Waals surface area contributed by atoms with Crippen molar-refractivity contribution in [2.75, 3.05) is 12.4 Å². The second kappa shape index (κ2) is 12.0. The van der Waals surface area contributed by atoms with Crippen LogP contribution in [0.2, 0.25) is 5.02 Å². The van der Waals surface area contributed by atoms with E-state index in [0.29, 0.717) is 16.7 Å². The highest BCUT2D eigenvalue weighted by atomic mass is 35.5. The minimum Gasteiger partial charge on any atom is -0.504 e. The summed E-state index contributed by atoms with van der Waals surface area (Å²) in [6.45, 7) is 0. The molecule has 0 radical (unpaired) electrons. The van der Waals surface area contributed by atoms with E-state index < -0.39 is 0 Å². The number of carbonyl (C=O) groups is 2. The molecule has 0 aliphatic heterocycles. The normalized spacial score (nSPS) is 17.3. The van der Waals surface area contributed by atoms with Crippen molar-refractivity contribution in [3.05, 3.63) is 88.4 Å². The van der Waals surface area contributed by atoms with Crippen molar-refractivity contribution in [3.8, 4) is 11.5 Å². The van der Waals surface area contributed by atoms with Gasteiger partial charge in [-0.2, -0.15) is 0 Å². The average molecular weight is 508 g/mol. The fourth-order valence-electron chi connectivity index (χ4n) is 4.63. The number of esters is 1. The summed E-state index contributed by atoms with van der Waals surface area (Å²) in [6.07, 6.45) is 3.70. The first-order valence-corrected chi connectivity index (χ1v) is 12.5. The molecule has 36 heavy (non-hydrogen) atoms. The lowest BCUT2D eigenvalue weighted by atomic mass is 9.82. The highest BCUT2D eigenvalue weighted by molar-refractivity contribution is 6.31. The first-order valence-electron chi connectivity index (χ1n) is 12.1. The van der Waals surface area contributed by atoms with Gasteiger partial charge in [-0.1, -0.05) is 48.0 Å². The van der Waals surface area contributed by atoms with E-state index in [1.807, 2.05) is 36.4 Å². The van der Waals surface area contributed by atoms with Crippen molar-refractivity contribution in [2.24, 2.45) is 0 Å². The van der Waals surface area contributed by atoms with Crippen molar-refractivity contribution >= 4 is 29.2 Å². The predicted octanol–water partition coefficient (Wildman–Crippen LogP) is 6.05. The molecule has 3 aromatic carbocycles. The van der Waals surface area contributed by atoms with Crippen molar-refractivity contribution in [2.45, 2.75) is 50.5 Å². The summed E-state index contributed by atoms with van der Waals surface area (Å²) >= 11 is 6.15. The van der Waals surface area contributed by atoms with E-state index in [2.05, 4.69) is 11.4 Å². The molecule has 4 rings (SSSR count). The fourth-order valence-corrected chi connectivity index (χ4v) is 4.83. The molecule has 1 saturated carbocycles. The van der Waals surface area contributed by atoms with Crippen LogP contribution >= 0.6 is 11.6 Å². The highest BCUT2D eigenvalue weighted by Gasteiger charge is 2.25. The number of hydrogen-bond acceptors (Lipinski definition) is 5. The number of aromatic hydroxyl groups is 1. The van der Waals surface area contributed by atoms with Gasteiger partial charge in [0.25, 0.3) is 0 Å². The van der Waals surface area contributed by atoms with Gasteiger partial charge in [0.05, 0.1) is 20.0 Å². The number of halogens is 1. The Bertz CT molecular complexity index is 1220. The molecule has 0 aromatic heterocycles. The molecule has 0 unspecified atom stereocenters. The number of benzene rings is 3. The molecule has 0 atom stereocenters. The van der Waals surface area contributed by atoms with Gasteiger partial charge >= 0.3 is 5.97 Å². The number of phenols is 1. The number of anilines is 1. The summed E-state index contributed by atoms with van der Waals surface area (Å²) in [7, 11) is 1.47. The zero-order valence-corrected chi connectivity index (χ0v) is 21.0. The molecular formula is C29H30ClNO5. The number of nitrogens with one attached hydrogen (secondary N) is 1. The quantitative estimate of drug-likeness (QED) is 0.363. The van der Waals surface area contributed by atoms with Gasteiger partial charge in [-0.15, -0.1) is 0 Å². The zero-order chi connectivity index (χ0) is 25.5. The van der Waals surface area contributed by atoms with E-state index in [1.165, 1.54) is 18.7 Å². The first-order chi connectivity index (χ1) is 17.4. The summed E-state index contributed by atoms with van der Waals surface area (Å²) in [6, 6.07) is 20.1. The summed E-state index contributed by atoms with van der Waals surface area (Å²) in [5.74, 6) is 0.338. The number of amides is 1. The van der Waals surface area contributed by atoms with Crippen LogP contribution in [0.4, 0.5) is 5.69 Å². The molecule has 0 spiro atoms. The van der Waals surface area contributed by atoms with E-state index in [0.717, 1.165) is 42.5 Å². The second-order valence-corrected chi connectivity index (χ2v) is 9.50. The van der Waals surface area contributed by atoms with Gasteiger partial charge in [0.2, 0.25) is 5.91 Å². The molecule has 7 heteroatoms. The Balaban J connectivity index is 1.28. The minimum absolute atomic E-state index is 0.0411. The third kappa shape index (κ3) is 6.79. The van der Waals surface area contributed by atoms with Gasteiger partial charge in [0, 0.05) is 10.7 Å². The molecule has 3 aromatic rings. The Hall–Kier alpha value is -3.51. The van der Waals surface area contributed by atoms with Gasteiger partial charge in [-0.3, -0.25) is 9.59 Å². The summed E-state index contributed by atoms with van der Waals surface area (Å²) in [4.78, 5) is 25.0. The predicted molar refractivity (Wildman–Crippen MR) is 140 cm³/mol. The number of carbonyl (C=O) groups excluding carboxylic acids is 2.